The van der Waals surface area contributed by atoms with Crippen LogP contribution in [0.5, 0.6) is 0 Å². The molecule has 0 spiro atoms. The van der Waals surface area contributed by atoms with E-state index in [-0.39, 0.29) is 0 Å². The summed E-state index contributed by atoms with van der Waals surface area (Å²) in [6.07, 6.45) is 1.04. The Morgan fingerprint density at radius 3 is 2.60 bits per heavy atom. The third-order valence-corrected chi connectivity index (χ3v) is 2.05. The molecule has 1 rings (SSSR count). The highest BCUT2D eigenvalue weighted by atomic mass is 32.1. The summed E-state index contributed by atoms with van der Waals surface area (Å²) in [7, 11) is 0. The molecule has 0 fully saturated rings. The summed E-state index contributed by atoms with van der Waals surface area (Å²) >= 11 is 5.08. The second-order valence-electron chi connectivity index (χ2n) is 3.07. The molecule has 0 aliphatic carbocycles. The predicted octanol–water partition coefficient (Wildman–Crippen LogP) is 2.25. The molecule has 0 heterocycles. The Bertz CT molecular complexity index is 364. The van der Waals surface area contributed by atoms with Crippen molar-refractivity contribution >= 4 is 23.0 Å². The summed E-state index contributed by atoms with van der Waals surface area (Å²) in [6, 6.07) is 9.24. The molecule has 2 N–H and O–H groups in total. The van der Waals surface area contributed by atoms with Crippen LogP contribution in [-0.4, -0.2) is 11.7 Å². The fourth-order valence-electron chi connectivity index (χ4n) is 1.04. The van der Waals surface area contributed by atoms with Gasteiger partial charge in [-0.3, -0.25) is 0 Å². The lowest BCUT2D eigenvalue weighted by Crippen LogP contribution is -2.28. The molecule has 0 bridgehead atoms. The Morgan fingerprint density at radius 2 is 2.07 bits per heavy atom. The number of thiocarbonyl (C=S) groups is 1. The van der Waals surface area contributed by atoms with Gasteiger partial charge in [0.2, 0.25) is 0 Å². The molecule has 4 heteroatoms. The molecule has 0 amide bonds. The molecule has 0 saturated heterocycles. The SMILES string of the molecule is CCCNC(=S)Nc1ccc(C#N)cc1. The summed E-state index contributed by atoms with van der Waals surface area (Å²) in [6.45, 7) is 2.94. The average molecular weight is 219 g/mol. The number of rotatable bonds is 3. The number of hydrogen-bond acceptors (Lipinski definition) is 2. The van der Waals surface area contributed by atoms with E-state index in [9.17, 15) is 0 Å². The van der Waals surface area contributed by atoms with E-state index in [0.717, 1.165) is 18.7 Å². The van der Waals surface area contributed by atoms with Crippen molar-refractivity contribution in [3.8, 4) is 6.07 Å². The Morgan fingerprint density at radius 1 is 1.40 bits per heavy atom. The summed E-state index contributed by atoms with van der Waals surface area (Å²) in [5, 5.41) is 15.3. The molecule has 0 unspecified atom stereocenters. The minimum absolute atomic E-state index is 0.613. The second kappa shape index (κ2) is 5.99. The number of nitrogens with zero attached hydrogens (tertiary/aromatic N) is 1. The summed E-state index contributed by atoms with van der Waals surface area (Å²) < 4.78 is 0. The molecule has 0 aromatic heterocycles. The van der Waals surface area contributed by atoms with Gasteiger partial charge in [-0.2, -0.15) is 5.26 Å². The third kappa shape index (κ3) is 3.96. The molecule has 0 radical (unpaired) electrons. The van der Waals surface area contributed by atoms with Crippen molar-refractivity contribution < 1.29 is 0 Å². The molecule has 0 atom stereocenters. The molecular weight excluding hydrogens is 206 g/mol. The van der Waals surface area contributed by atoms with Crippen molar-refractivity contribution in [2.45, 2.75) is 13.3 Å². The Balaban J connectivity index is 2.50. The number of hydrogen-bond donors (Lipinski definition) is 2. The third-order valence-electron chi connectivity index (χ3n) is 1.81. The molecule has 0 aliphatic rings. The number of nitriles is 1. The topological polar surface area (TPSA) is 47.8 Å². The zero-order valence-electron chi connectivity index (χ0n) is 8.58. The molecule has 1 aromatic carbocycles. The fourth-order valence-corrected chi connectivity index (χ4v) is 1.26. The van der Waals surface area contributed by atoms with Crippen LogP contribution in [0.25, 0.3) is 0 Å². The van der Waals surface area contributed by atoms with E-state index in [4.69, 9.17) is 17.5 Å². The molecule has 78 valence electrons. The van der Waals surface area contributed by atoms with Crippen molar-refractivity contribution in [2.75, 3.05) is 11.9 Å². The van der Waals surface area contributed by atoms with Crippen molar-refractivity contribution in [3.63, 3.8) is 0 Å². The van der Waals surface area contributed by atoms with E-state index in [1.165, 1.54) is 0 Å². The van der Waals surface area contributed by atoms with E-state index in [1.807, 2.05) is 12.1 Å². The first-order chi connectivity index (χ1) is 7.26. The van der Waals surface area contributed by atoms with Gasteiger partial charge in [-0.05, 0) is 42.9 Å². The van der Waals surface area contributed by atoms with Crippen LogP contribution in [0.2, 0.25) is 0 Å². The van der Waals surface area contributed by atoms with Crippen LogP contribution in [0.4, 0.5) is 5.69 Å². The first-order valence-electron chi connectivity index (χ1n) is 4.81. The van der Waals surface area contributed by atoms with Crippen LogP contribution in [0.1, 0.15) is 18.9 Å². The van der Waals surface area contributed by atoms with Crippen LogP contribution in [-0.2, 0) is 0 Å². The highest BCUT2D eigenvalue weighted by Gasteiger charge is 1.96. The van der Waals surface area contributed by atoms with Crippen LogP contribution < -0.4 is 10.6 Å². The minimum atomic E-state index is 0.613. The Labute approximate surface area is 95.1 Å². The molecule has 3 nitrogen and oxygen atoms in total. The smallest absolute Gasteiger partial charge is 0.170 e. The molecule has 0 aliphatic heterocycles. The van der Waals surface area contributed by atoms with Gasteiger partial charge in [0.15, 0.2) is 5.11 Å². The first kappa shape index (κ1) is 11.5. The van der Waals surface area contributed by atoms with Gasteiger partial charge in [0.1, 0.15) is 0 Å². The second-order valence-corrected chi connectivity index (χ2v) is 3.48. The Hall–Kier alpha value is -1.60. The van der Waals surface area contributed by atoms with Gasteiger partial charge in [-0.15, -0.1) is 0 Å². The van der Waals surface area contributed by atoms with Crippen molar-refractivity contribution in [1.29, 1.82) is 5.26 Å². The number of nitrogens with one attached hydrogen (secondary N) is 2. The normalized spacial score (nSPS) is 9.07. The van der Waals surface area contributed by atoms with Gasteiger partial charge >= 0.3 is 0 Å². The van der Waals surface area contributed by atoms with Crippen LogP contribution in [0, 0.1) is 11.3 Å². The highest BCUT2D eigenvalue weighted by Crippen LogP contribution is 2.08. The quantitative estimate of drug-likeness (QED) is 0.765. The Kier molecular flexibility index (Phi) is 4.58. The van der Waals surface area contributed by atoms with Gasteiger partial charge in [0.25, 0.3) is 0 Å². The first-order valence-corrected chi connectivity index (χ1v) is 5.22. The summed E-state index contributed by atoms with van der Waals surface area (Å²) in [5.41, 5.74) is 1.54. The van der Waals surface area contributed by atoms with Crippen LogP contribution in [0.15, 0.2) is 24.3 Å². The number of benzene rings is 1. The van der Waals surface area contributed by atoms with Crippen LogP contribution in [0.3, 0.4) is 0 Å². The van der Waals surface area contributed by atoms with Gasteiger partial charge in [0.05, 0.1) is 11.6 Å². The van der Waals surface area contributed by atoms with Crippen molar-refractivity contribution in [3.05, 3.63) is 29.8 Å². The van der Waals surface area contributed by atoms with E-state index >= 15 is 0 Å². The average Bonchev–Trinajstić information content (AvgIpc) is 2.27. The van der Waals surface area contributed by atoms with Crippen LogP contribution >= 0.6 is 12.2 Å². The molecule has 0 saturated carbocycles. The van der Waals surface area contributed by atoms with Crippen molar-refractivity contribution in [2.24, 2.45) is 0 Å². The molecule has 15 heavy (non-hydrogen) atoms. The fraction of sp³-hybridized carbons (Fsp3) is 0.273. The largest absolute Gasteiger partial charge is 0.362 e. The maximum atomic E-state index is 8.62. The van der Waals surface area contributed by atoms with E-state index < -0.39 is 0 Å². The summed E-state index contributed by atoms with van der Waals surface area (Å²) in [5.74, 6) is 0. The van der Waals surface area contributed by atoms with Gasteiger partial charge in [0, 0.05) is 12.2 Å². The standard InChI is InChI=1S/C11H13N3S/c1-2-7-13-11(15)14-10-5-3-9(8-12)4-6-10/h3-6H,2,7H2,1H3,(H2,13,14,15). The highest BCUT2D eigenvalue weighted by molar-refractivity contribution is 7.80. The zero-order valence-corrected chi connectivity index (χ0v) is 9.40. The molecular formula is C11H13N3S. The maximum Gasteiger partial charge on any atom is 0.170 e. The lowest BCUT2D eigenvalue weighted by atomic mass is 10.2. The van der Waals surface area contributed by atoms with Gasteiger partial charge in [-0.25, -0.2) is 0 Å². The monoisotopic (exact) mass is 219 g/mol. The van der Waals surface area contributed by atoms with E-state index in [1.54, 1.807) is 12.1 Å². The van der Waals surface area contributed by atoms with Gasteiger partial charge in [-0.1, -0.05) is 6.92 Å². The van der Waals surface area contributed by atoms with E-state index in [0.29, 0.717) is 10.7 Å². The number of anilines is 1. The van der Waals surface area contributed by atoms with E-state index in [2.05, 4.69) is 23.6 Å². The summed E-state index contributed by atoms with van der Waals surface area (Å²) in [4.78, 5) is 0. The predicted molar refractivity (Wildman–Crippen MR) is 65.7 cm³/mol. The van der Waals surface area contributed by atoms with Crippen molar-refractivity contribution in [1.82, 2.24) is 5.32 Å². The molecule has 1 aromatic rings. The zero-order chi connectivity index (χ0) is 11.1. The van der Waals surface area contributed by atoms with Gasteiger partial charge < -0.3 is 10.6 Å². The lowest BCUT2D eigenvalue weighted by molar-refractivity contribution is 0.846. The lowest BCUT2D eigenvalue weighted by Gasteiger charge is -2.09. The minimum Gasteiger partial charge on any atom is -0.362 e. The maximum absolute atomic E-state index is 8.62.